The van der Waals surface area contributed by atoms with E-state index in [1.165, 1.54) is 12.2 Å². The molecule has 0 saturated carbocycles. The predicted octanol–water partition coefficient (Wildman–Crippen LogP) is 2.52. The third kappa shape index (κ3) is 3.71. The first-order chi connectivity index (χ1) is 9.08. The van der Waals surface area contributed by atoms with E-state index in [-0.39, 0.29) is 0 Å². The number of benzene rings is 1. The van der Waals surface area contributed by atoms with Gasteiger partial charge >= 0.3 is 0 Å². The van der Waals surface area contributed by atoms with Crippen molar-refractivity contribution >= 4 is 5.69 Å². The quantitative estimate of drug-likeness (QED) is 0.903. The average Bonchev–Trinajstić information content (AvgIpc) is 2.39. The smallest absolute Gasteiger partial charge is 0.0781 e. The molecule has 3 heteroatoms. The second-order valence-corrected chi connectivity index (χ2v) is 5.92. The maximum Gasteiger partial charge on any atom is 0.0781 e. The number of piperazine rings is 1. The number of aliphatic hydroxyl groups is 1. The van der Waals surface area contributed by atoms with Crippen molar-refractivity contribution in [3.05, 3.63) is 29.8 Å². The van der Waals surface area contributed by atoms with Crippen molar-refractivity contribution in [1.82, 2.24) is 4.90 Å². The van der Waals surface area contributed by atoms with Crippen molar-refractivity contribution in [2.75, 3.05) is 37.6 Å². The summed E-state index contributed by atoms with van der Waals surface area (Å²) in [5, 5.41) is 9.87. The molecular weight excluding hydrogens is 236 g/mol. The topological polar surface area (TPSA) is 26.7 Å². The molecular formula is C16H26N2O. The molecule has 1 saturated heterocycles. The minimum absolute atomic E-state index is 0.398. The number of aliphatic hydroxyl groups excluding tert-OH is 1. The molecule has 1 aliphatic heterocycles. The molecule has 0 radical (unpaired) electrons. The minimum Gasteiger partial charge on any atom is -0.389 e. The Morgan fingerprint density at radius 2 is 1.68 bits per heavy atom. The van der Waals surface area contributed by atoms with Gasteiger partial charge < -0.3 is 10.0 Å². The zero-order valence-corrected chi connectivity index (χ0v) is 12.3. The lowest BCUT2D eigenvalue weighted by atomic mass is 10.1. The minimum atomic E-state index is -0.398. The fourth-order valence-electron chi connectivity index (χ4n) is 2.82. The summed E-state index contributed by atoms with van der Waals surface area (Å²) in [6.07, 6.45) is -0.398. The summed E-state index contributed by atoms with van der Waals surface area (Å²) in [6.45, 7) is 11.9. The molecule has 1 aromatic rings. The van der Waals surface area contributed by atoms with Gasteiger partial charge in [0, 0.05) is 44.0 Å². The molecule has 0 bridgehead atoms. The van der Waals surface area contributed by atoms with Gasteiger partial charge in [0.25, 0.3) is 0 Å². The highest BCUT2D eigenvalue weighted by molar-refractivity contribution is 5.54. The van der Waals surface area contributed by atoms with Crippen molar-refractivity contribution in [2.24, 2.45) is 5.92 Å². The zero-order valence-electron chi connectivity index (χ0n) is 12.3. The Morgan fingerprint density at radius 1 is 1.05 bits per heavy atom. The SMILES string of the molecule is CC(C)CN1CCN(c2ccccc2[C@@H](C)O)CC1. The third-order valence-electron chi connectivity index (χ3n) is 3.72. The van der Waals surface area contributed by atoms with Crippen LogP contribution < -0.4 is 4.90 Å². The molecule has 1 N–H and O–H groups in total. The number of rotatable bonds is 4. The maximum absolute atomic E-state index is 9.87. The summed E-state index contributed by atoms with van der Waals surface area (Å²) >= 11 is 0. The Bertz CT molecular complexity index is 395. The summed E-state index contributed by atoms with van der Waals surface area (Å²) < 4.78 is 0. The standard InChI is InChI=1S/C16H26N2O/c1-13(2)12-17-8-10-18(11-9-17)16-7-5-4-6-15(16)14(3)19/h4-7,13-14,19H,8-12H2,1-3H3/t14-/m1/s1. The van der Waals surface area contributed by atoms with Crippen molar-refractivity contribution in [1.29, 1.82) is 0 Å². The normalized spacial score (nSPS) is 18.9. The second-order valence-electron chi connectivity index (χ2n) is 5.92. The van der Waals surface area contributed by atoms with E-state index < -0.39 is 6.10 Å². The van der Waals surface area contributed by atoms with E-state index in [1.54, 1.807) is 0 Å². The molecule has 1 heterocycles. The molecule has 19 heavy (non-hydrogen) atoms. The fourth-order valence-corrected chi connectivity index (χ4v) is 2.82. The largest absolute Gasteiger partial charge is 0.389 e. The first-order valence-electron chi connectivity index (χ1n) is 7.32. The fraction of sp³-hybridized carbons (Fsp3) is 0.625. The van der Waals surface area contributed by atoms with Crippen molar-refractivity contribution < 1.29 is 5.11 Å². The molecule has 1 fully saturated rings. The molecule has 2 rings (SSSR count). The van der Waals surface area contributed by atoms with Gasteiger partial charge in [-0.15, -0.1) is 0 Å². The Kier molecular flexibility index (Phi) is 4.83. The lowest BCUT2D eigenvalue weighted by Gasteiger charge is -2.38. The van der Waals surface area contributed by atoms with Crippen LogP contribution in [0, 0.1) is 5.92 Å². The third-order valence-corrected chi connectivity index (χ3v) is 3.72. The predicted molar refractivity (Wildman–Crippen MR) is 80.6 cm³/mol. The van der Waals surface area contributed by atoms with E-state index in [1.807, 2.05) is 19.1 Å². The van der Waals surface area contributed by atoms with Crippen LogP contribution in [-0.2, 0) is 0 Å². The van der Waals surface area contributed by atoms with Crippen LogP contribution in [0.15, 0.2) is 24.3 Å². The van der Waals surface area contributed by atoms with Gasteiger partial charge in [-0.05, 0) is 18.9 Å². The van der Waals surface area contributed by atoms with E-state index in [4.69, 9.17) is 0 Å². The summed E-state index contributed by atoms with van der Waals surface area (Å²) in [6, 6.07) is 8.21. The monoisotopic (exact) mass is 262 g/mol. The van der Waals surface area contributed by atoms with Crippen molar-refractivity contribution in [2.45, 2.75) is 26.9 Å². The van der Waals surface area contributed by atoms with Crippen LogP contribution in [0.3, 0.4) is 0 Å². The Labute approximate surface area is 116 Å². The molecule has 0 spiro atoms. The number of hydrogen-bond acceptors (Lipinski definition) is 3. The van der Waals surface area contributed by atoms with Crippen LogP contribution in [0.2, 0.25) is 0 Å². The summed E-state index contributed by atoms with van der Waals surface area (Å²) in [4.78, 5) is 4.94. The average molecular weight is 262 g/mol. The summed E-state index contributed by atoms with van der Waals surface area (Å²) in [7, 11) is 0. The lowest BCUT2D eigenvalue weighted by molar-refractivity contribution is 0.198. The van der Waals surface area contributed by atoms with Crippen molar-refractivity contribution in [3.63, 3.8) is 0 Å². The highest BCUT2D eigenvalue weighted by atomic mass is 16.3. The first kappa shape index (κ1) is 14.4. The molecule has 0 unspecified atom stereocenters. The summed E-state index contributed by atoms with van der Waals surface area (Å²) in [5.41, 5.74) is 2.24. The molecule has 1 aliphatic rings. The molecule has 3 nitrogen and oxygen atoms in total. The molecule has 1 aromatic carbocycles. The Balaban J connectivity index is 2.02. The number of hydrogen-bond donors (Lipinski definition) is 1. The van der Waals surface area contributed by atoms with E-state index in [0.717, 1.165) is 37.7 Å². The van der Waals surface area contributed by atoms with E-state index in [9.17, 15) is 5.11 Å². The molecule has 106 valence electrons. The van der Waals surface area contributed by atoms with Crippen LogP contribution in [0.4, 0.5) is 5.69 Å². The highest BCUT2D eigenvalue weighted by Crippen LogP contribution is 2.27. The van der Waals surface area contributed by atoms with Crippen LogP contribution in [0.1, 0.15) is 32.4 Å². The van der Waals surface area contributed by atoms with Crippen LogP contribution >= 0.6 is 0 Å². The van der Waals surface area contributed by atoms with Gasteiger partial charge in [-0.1, -0.05) is 32.0 Å². The van der Waals surface area contributed by atoms with Crippen molar-refractivity contribution in [3.8, 4) is 0 Å². The number of anilines is 1. The van der Waals surface area contributed by atoms with Gasteiger partial charge in [-0.3, -0.25) is 4.90 Å². The lowest BCUT2D eigenvalue weighted by Crippen LogP contribution is -2.47. The molecule has 0 amide bonds. The van der Waals surface area contributed by atoms with Gasteiger partial charge in [-0.25, -0.2) is 0 Å². The van der Waals surface area contributed by atoms with E-state index in [0.29, 0.717) is 0 Å². The Hall–Kier alpha value is -1.06. The van der Waals surface area contributed by atoms with E-state index in [2.05, 4.69) is 35.8 Å². The van der Waals surface area contributed by atoms with Gasteiger partial charge in [0.1, 0.15) is 0 Å². The zero-order chi connectivity index (χ0) is 13.8. The number of para-hydroxylation sites is 1. The summed E-state index contributed by atoms with van der Waals surface area (Å²) in [5.74, 6) is 0.733. The van der Waals surface area contributed by atoms with Crippen LogP contribution in [0.5, 0.6) is 0 Å². The van der Waals surface area contributed by atoms with E-state index >= 15 is 0 Å². The second kappa shape index (κ2) is 6.40. The van der Waals surface area contributed by atoms with Crippen LogP contribution in [0.25, 0.3) is 0 Å². The first-order valence-corrected chi connectivity index (χ1v) is 7.32. The molecule has 1 atom stereocenters. The van der Waals surface area contributed by atoms with Gasteiger partial charge in [0.05, 0.1) is 6.10 Å². The van der Waals surface area contributed by atoms with Gasteiger partial charge in [-0.2, -0.15) is 0 Å². The molecule has 0 aliphatic carbocycles. The van der Waals surface area contributed by atoms with Crippen LogP contribution in [-0.4, -0.2) is 42.7 Å². The number of nitrogens with zero attached hydrogens (tertiary/aromatic N) is 2. The van der Waals surface area contributed by atoms with Gasteiger partial charge in [0.2, 0.25) is 0 Å². The highest BCUT2D eigenvalue weighted by Gasteiger charge is 2.20. The maximum atomic E-state index is 9.87. The van der Waals surface area contributed by atoms with Gasteiger partial charge in [0.15, 0.2) is 0 Å². The molecule has 0 aromatic heterocycles. The Morgan fingerprint density at radius 3 is 2.26 bits per heavy atom.